The van der Waals surface area contributed by atoms with Gasteiger partial charge in [0.15, 0.2) is 17.3 Å². The second-order valence-electron chi connectivity index (χ2n) is 7.14. The lowest BCUT2D eigenvalue weighted by Crippen LogP contribution is -2.41. The van der Waals surface area contributed by atoms with Crippen molar-refractivity contribution in [2.24, 2.45) is 5.92 Å². The molecule has 1 aliphatic heterocycles. The zero-order valence-corrected chi connectivity index (χ0v) is 17.6. The lowest BCUT2D eigenvalue weighted by Gasteiger charge is -2.31. The smallest absolute Gasteiger partial charge is 0.246 e. The van der Waals surface area contributed by atoms with Crippen molar-refractivity contribution < 1.29 is 23.8 Å². The van der Waals surface area contributed by atoms with Crippen LogP contribution in [0.1, 0.15) is 28.8 Å². The third-order valence-corrected chi connectivity index (χ3v) is 5.30. The number of nitrogens with zero attached hydrogens (tertiary/aromatic N) is 1. The Labute approximate surface area is 177 Å². The van der Waals surface area contributed by atoms with Crippen molar-refractivity contribution in [2.75, 3.05) is 34.4 Å². The van der Waals surface area contributed by atoms with E-state index in [0.29, 0.717) is 35.9 Å². The Hall–Kier alpha value is -3.28. The van der Waals surface area contributed by atoms with Gasteiger partial charge in [-0.05, 0) is 48.7 Å². The Morgan fingerprint density at radius 2 is 1.70 bits per heavy atom. The highest BCUT2D eigenvalue weighted by atomic mass is 16.5. The van der Waals surface area contributed by atoms with Crippen LogP contribution in [0.2, 0.25) is 0 Å². The van der Waals surface area contributed by atoms with E-state index in [4.69, 9.17) is 14.2 Å². The van der Waals surface area contributed by atoms with Gasteiger partial charge in [0.1, 0.15) is 5.75 Å². The number of carbonyl (C=O) groups is 2. The summed E-state index contributed by atoms with van der Waals surface area (Å²) in [6.07, 6.45) is 4.84. The molecule has 0 aromatic heterocycles. The molecule has 0 N–H and O–H groups in total. The van der Waals surface area contributed by atoms with E-state index in [1.807, 2.05) is 24.3 Å². The van der Waals surface area contributed by atoms with Crippen molar-refractivity contribution >= 4 is 17.8 Å². The molecular weight excluding hydrogens is 382 g/mol. The summed E-state index contributed by atoms with van der Waals surface area (Å²) in [6, 6.07) is 12.7. The van der Waals surface area contributed by atoms with Gasteiger partial charge in [0, 0.05) is 25.1 Å². The zero-order chi connectivity index (χ0) is 21.5. The number of amides is 1. The number of likely N-dealkylation sites (tertiary alicyclic amines) is 1. The van der Waals surface area contributed by atoms with Crippen LogP contribution in [0, 0.1) is 5.92 Å². The van der Waals surface area contributed by atoms with Crippen LogP contribution in [0.4, 0.5) is 0 Å². The average molecular weight is 409 g/mol. The maximum atomic E-state index is 13.0. The van der Waals surface area contributed by atoms with Crippen LogP contribution in [-0.4, -0.2) is 51.0 Å². The predicted molar refractivity (Wildman–Crippen MR) is 115 cm³/mol. The summed E-state index contributed by atoms with van der Waals surface area (Å²) in [7, 11) is 4.71. The molecule has 0 aliphatic carbocycles. The maximum absolute atomic E-state index is 13.0. The monoisotopic (exact) mass is 409 g/mol. The van der Waals surface area contributed by atoms with E-state index >= 15 is 0 Å². The van der Waals surface area contributed by atoms with Crippen molar-refractivity contribution in [3.8, 4) is 17.2 Å². The van der Waals surface area contributed by atoms with Crippen LogP contribution in [-0.2, 0) is 4.79 Å². The summed E-state index contributed by atoms with van der Waals surface area (Å²) in [4.78, 5) is 27.5. The van der Waals surface area contributed by atoms with Crippen LogP contribution in [0.5, 0.6) is 17.2 Å². The van der Waals surface area contributed by atoms with Crippen LogP contribution in [0.25, 0.3) is 6.08 Å². The Bertz CT molecular complexity index is 937. The molecule has 0 unspecified atom stereocenters. The second kappa shape index (κ2) is 9.96. The van der Waals surface area contributed by atoms with Crippen LogP contribution in [0.3, 0.4) is 0 Å². The molecule has 1 aliphatic rings. The maximum Gasteiger partial charge on any atom is 0.246 e. The van der Waals surface area contributed by atoms with Crippen molar-refractivity contribution in [1.29, 1.82) is 0 Å². The number of benzene rings is 2. The number of piperidine rings is 1. The summed E-state index contributed by atoms with van der Waals surface area (Å²) in [5, 5.41) is 0. The predicted octanol–water partition coefficient (Wildman–Crippen LogP) is 3.85. The van der Waals surface area contributed by atoms with Gasteiger partial charge in [-0.3, -0.25) is 9.59 Å². The van der Waals surface area contributed by atoms with Crippen LogP contribution < -0.4 is 14.2 Å². The lowest BCUT2D eigenvalue weighted by atomic mass is 9.89. The summed E-state index contributed by atoms with van der Waals surface area (Å²) < 4.78 is 15.9. The quantitative estimate of drug-likeness (QED) is 0.513. The van der Waals surface area contributed by atoms with E-state index in [9.17, 15) is 9.59 Å². The molecule has 0 bridgehead atoms. The van der Waals surface area contributed by atoms with Crippen molar-refractivity contribution in [1.82, 2.24) is 4.90 Å². The first-order valence-corrected chi connectivity index (χ1v) is 9.93. The fraction of sp³-hybridized carbons (Fsp3) is 0.333. The second-order valence-corrected chi connectivity index (χ2v) is 7.14. The van der Waals surface area contributed by atoms with Gasteiger partial charge >= 0.3 is 0 Å². The number of hydrogen-bond acceptors (Lipinski definition) is 5. The number of Topliss-reactive ketones (excluding diaryl/α,β-unsaturated/α-hetero) is 1. The first-order chi connectivity index (χ1) is 14.6. The van der Waals surface area contributed by atoms with Gasteiger partial charge in [-0.1, -0.05) is 18.2 Å². The number of methoxy groups -OCH3 is 3. The van der Waals surface area contributed by atoms with Gasteiger partial charge in [-0.25, -0.2) is 0 Å². The van der Waals surface area contributed by atoms with E-state index in [1.165, 1.54) is 6.08 Å². The minimum Gasteiger partial charge on any atom is -0.496 e. The summed E-state index contributed by atoms with van der Waals surface area (Å²) in [5.74, 6) is 1.49. The summed E-state index contributed by atoms with van der Waals surface area (Å²) in [5.41, 5.74) is 1.40. The Balaban J connectivity index is 1.68. The fourth-order valence-electron chi connectivity index (χ4n) is 3.69. The van der Waals surface area contributed by atoms with Crippen molar-refractivity contribution in [2.45, 2.75) is 12.8 Å². The number of rotatable bonds is 7. The van der Waals surface area contributed by atoms with E-state index in [1.54, 1.807) is 50.5 Å². The molecule has 30 heavy (non-hydrogen) atoms. The van der Waals surface area contributed by atoms with Gasteiger partial charge < -0.3 is 19.1 Å². The molecule has 2 aromatic rings. The molecule has 6 heteroatoms. The third-order valence-electron chi connectivity index (χ3n) is 5.30. The standard InChI is InChI=1S/C24H27NO5/c1-28-20-9-5-4-8-19(20)24(27)18-7-6-14-25(16-18)23(26)13-11-17-10-12-21(29-2)22(15-17)30-3/h4-5,8-13,15,18H,6-7,14,16H2,1-3H3/b13-11+/t18-/m1/s1. The van der Waals surface area contributed by atoms with Crippen LogP contribution in [0.15, 0.2) is 48.5 Å². The van der Waals surface area contributed by atoms with Crippen LogP contribution >= 0.6 is 0 Å². The summed E-state index contributed by atoms with van der Waals surface area (Å²) in [6.45, 7) is 1.05. The molecule has 0 saturated carbocycles. The highest BCUT2D eigenvalue weighted by Gasteiger charge is 2.29. The molecule has 158 valence electrons. The number of para-hydroxylation sites is 1. The first-order valence-electron chi connectivity index (χ1n) is 9.93. The van der Waals surface area contributed by atoms with Crippen molar-refractivity contribution in [3.63, 3.8) is 0 Å². The first kappa shape index (κ1) is 21.4. The highest BCUT2D eigenvalue weighted by Crippen LogP contribution is 2.29. The largest absolute Gasteiger partial charge is 0.496 e. The Kier molecular flexibility index (Phi) is 7.12. The highest BCUT2D eigenvalue weighted by molar-refractivity contribution is 6.01. The van der Waals surface area contributed by atoms with Gasteiger partial charge in [-0.15, -0.1) is 0 Å². The molecule has 1 atom stereocenters. The normalized spacial score (nSPS) is 16.4. The lowest BCUT2D eigenvalue weighted by molar-refractivity contribution is -0.127. The van der Waals surface area contributed by atoms with Gasteiger partial charge in [0.25, 0.3) is 0 Å². The molecule has 0 radical (unpaired) electrons. The Morgan fingerprint density at radius 1 is 0.967 bits per heavy atom. The van der Waals surface area contributed by atoms with Gasteiger partial charge in [0.2, 0.25) is 5.91 Å². The summed E-state index contributed by atoms with van der Waals surface area (Å²) >= 11 is 0. The third kappa shape index (κ3) is 4.82. The molecule has 2 aromatic carbocycles. The van der Waals surface area contributed by atoms with Crippen molar-refractivity contribution in [3.05, 3.63) is 59.7 Å². The number of carbonyl (C=O) groups excluding carboxylic acids is 2. The molecule has 1 saturated heterocycles. The molecule has 0 spiro atoms. The zero-order valence-electron chi connectivity index (χ0n) is 17.6. The fourth-order valence-corrected chi connectivity index (χ4v) is 3.69. The van der Waals surface area contributed by atoms with E-state index in [2.05, 4.69) is 0 Å². The average Bonchev–Trinajstić information content (AvgIpc) is 2.81. The molecule has 3 rings (SSSR count). The minimum atomic E-state index is -0.228. The minimum absolute atomic E-state index is 0.0221. The van der Waals surface area contributed by atoms with E-state index < -0.39 is 0 Å². The van der Waals surface area contributed by atoms with Gasteiger partial charge in [-0.2, -0.15) is 0 Å². The Morgan fingerprint density at radius 3 is 2.43 bits per heavy atom. The number of hydrogen-bond donors (Lipinski definition) is 0. The number of ether oxygens (including phenoxy) is 3. The van der Waals surface area contributed by atoms with E-state index in [0.717, 1.165) is 18.4 Å². The molecular formula is C24H27NO5. The van der Waals surface area contributed by atoms with Gasteiger partial charge in [0.05, 0.1) is 26.9 Å². The SMILES string of the molecule is COc1ccc(/C=C/C(=O)N2CCC[C@@H](C(=O)c3ccccc3OC)C2)cc1OC. The number of ketones is 1. The molecule has 1 fully saturated rings. The molecule has 1 heterocycles. The topological polar surface area (TPSA) is 65.1 Å². The van der Waals surface area contributed by atoms with E-state index in [-0.39, 0.29) is 17.6 Å². The molecule has 1 amide bonds. The molecule has 6 nitrogen and oxygen atoms in total.